The number of aromatic nitrogens is 2. The van der Waals surface area contributed by atoms with Crippen molar-refractivity contribution in [2.75, 3.05) is 25.2 Å². The molecule has 8 heteroatoms. The summed E-state index contributed by atoms with van der Waals surface area (Å²) in [7, 11) is 1.26. The molecule has 1 aromatic heterocycles. The molecule has 1 aromatic rings. The first-order valence-corrected chi connectivity index (χ1v) is 4.51. The summed E-state index contributed by atoms with van der Waals surface area (Å²) in [5.74, 6) is -0.0606. The molecular weight excluding hydrogens is 216 g/mol. The summed E-state index contributed by atoms with van der Waals surface area (Å²) in [5.41, 5.74) is 11.1. The van der Waals surface area contributed by atoms with E-state index in [1.54, 1.807) is 6.92 Å². The number of aliphatic hydroxyl groups excluding tert-OH is 1. The van der Waals surface area contributed by atoms with Gasteiger partial charge in [-0.2, -0.15) is 9.97 Å². The molecule has 1 heterocycles. The summed E-state index contributed by atoms with van der Waals surface area (Å²) in [4.78, 5) is 7.48. The molecule has 0 spiro atoms. The van der Waals surface area contributed by atoms with E-state index in [2.05, 4.69) is 14.7 Å². The van der Waals surface area contributed by atoms with E-state index in [0.717, 1.165) is 0 Å². The van der Waals surface area contributed by atoms with Crippen LogP contribution in [0, 0.1) is 0 Å². The van der Waals surface area contributed by atoms with Gasteiger partial charge in [-0.15, -0.1) is 0 Å². The third-order valence-electron chi connectivity index (χ3n) is 1.59. The number of hydrogen-bond acceptors (Lipinski definition) is 8. The van der Waals surface area contributed by atoms with Gasteiger partial charge < -0.3 is 30.8 Å². The third kappa shape index (κ3) is 2.84. The Kier molecular flexibility index (Phi) is 4.09. The Bertz CT molecular complexity index is 360. The zero-order chi connectivity index (χ0) is 12.1. The Labute approximate surface area is 92.1 Å². The Hall–Kier alpha value is -1.80. The lowest BCUT2D eigenvalue weighted by Crippen LogP contribution is -2.19. The van der Waals surface area contributed by atoms with Gasteiger partial charge in [0.2, 0.25) is 11.8 Å². The first-order chi connectivity index (χ1) is 7.58. The summed E-state index contributed by atoms with van der Waals surface area (Å²) >= 11 is 0. The molecule has 8 nitrogen and oxygen atoms in total. The number of nitrogens with zero attached hydrogens (tertiary/aromatic N) is 2. The molecule has 1 unspecified atom stereocenters. The average Bonchev–Trinajstić information content (AvgIpc) is 2.25. The highest BCUT2D eigenvalue weighted by Crippen LogP contribution is 2.29. The van der Waals surface area contributed by atoms with Crippen LogP contribution in [0.4, 0.5) is 11.6 Å². The predicted octanol–water partition coefficient (Wildman–Crippen LogP) is -0.659. The van der Waals surface area contributed by atoms with Gasteiger partial charge in [0.1, 0.15) is 0 Å². The van der Waals surface area contributed by atoms with E-state index in [0.29, 0.717) is 6.61 Å². The summed E-state index contributed by atoms with van der Waals surface area (Å²) in [6.07, 6.45) is 0. The average molecular weight is 230 g/mol. The minimum absolute atomic E-state index is 0.0483. The number of methoxy groups -OCH3 is 1. The minimum atomic E-state index is -1.48. The third-order valence-corrected chi connectivity index (χ3v) is 1.59. The van der Waals surface area contributed by atoms with Gasteiger partial charge in [-0.1, -0.05) is 0 Å². The molecule has 0 aliphatic heterocycles. The number of nitrogens with two attached hydrogens (primary N) is 2. The van der Waals surface area contributed by atoms with Crippen molar-refractivity contribution in [1.29, 1.82) is 0 Å². The molecule has 5 N–H and O–H groups in total. The highest BCUT2D eigenvalue weighted by Gasteiger charge is 2.15. The minimum Gasteiger partial charge on any atom is -0.476 e. The molecule has 16 heavy (non-hydrogen) atoms. The zero-order valence-corrected chi connectivity index (χ0v) is 9.01. The Morgan fingerprint density at radius 2 is 1.94 bits per heavy atom. The Morgan fingerprint density at radius 1 is 1.31 bits per heavy atom. The molecule has 0 aliphatic rings. The van der Waals surface area contributed by atoms with Crippen molar-refractivity contribution in [2.24, 2.45) is 0 Å². The number of ether oxygens (including phenoxy) is 3. The van der Waals surface area contributed by atoms with Crippen LogP contribution in [0.1, 0.15) is 6.92 Å². The first-order valence-electron chi connectivity index (χ1n) is 4.51. The fourth-order valence-electron chi connectivity index (χ4n) is 0.925. The maximum atomic E-state index is 9.11. The summed E-state index contributed by atoms with van der Waals surface area (Å²) in [5, 5.41) is 9.11. The summed E-state index contributed by atoms with van der Waals surface area (Å²) in [6.45, 7) is 0.654. The van der Waals surface area contributed by atoms with Gasteiger partial charge in [-0.25, -0.2) is 0 Å². The fraction of sp³-hybridized carbons (Fsp3) is 0.500. The molecule has 0 aliphatic carbocycles. The SMILES string of the molecule is CCOc1nc(N)nc(OC(O)OC)c1N. The topological polar surface area (TPSA) is 126 Å². The number of anilines is 2. The van der Waals surface area contributed by atoms with Crippen molar-refractivity contribution in [3.05, 3.63) is 0 Å². The standard InChI is InChI=1S/C8H14N4O4/c1-3-15-5-4(9)6(12-7(10)11-5)16-8(13)14-2/h8,13H,3,9H2,1-2H3,(H2,10,11,12). The normalized spacial score (nSPS) is 12.2. The first kappa shape index (κ1) is 12.3. The van der Waals surface area contributed by atoms with Crippen LogP contribution in [0.5, 0.6) is 11.8 Å². The van der Waals surface area contributed by atoms with Crippen LogP contribution in [-0.4, -0.2) is 35.3 Å². The molecular formula is C8H14N4O4. The van der Waals surface area contributed by atoms with Crippen LogP contribution < -0.4 is 20.9 Å². The lowest BCUT2D eigenvalue weighted by atomic mass is 10.5. The van der Waals surface area contributed by atoms with Crippen LogP contribution in [-0.2, 0) is 4.74 Å². The molecule has 0 saturated carbocycles. The number of aliphatic hydroxyl groups is 1. The van der Waals surface area contributed by atoms with E-state index in [1.807, 2.05) is 0 Å². The molecule has 0 fully saturated rings. The van der Waals surface area contributed by atoms with Crippen LogP contribution in [0.25, 0.3) is 0 Å². The maximum Gasteiger partial charge on any atom is 0.314 e. The number of rotatable bonds is 5. The van der Waals surface area contributed by atoms with Crippen molar-refractivity contribution in [2.45, 2.75) is 13.4 Å². The van der Waals surface area contributed by atoms with Gasteiger partial charge >= 0.3 is 6.48 Å². The molecule has 1 rings (SSSR count). The molecule has 0 aromatic carbocycles. The summed E-state index contributed by atoms with van der Waals surface area (Å²) < 4.78 is 14.5. The quantitative estimate of drug-likeness (QED) is 0.569. The Morgan fingerprint density at radius 3 is 2.50 bits per heavy atom. The van der Waals surface area contributed by atoms with E-state index in [9.17, 15) is 0 Å². The van der Waals surface area contributed by atoms with E-state index >= 15 is 0 Å². The second-order valence-electron chi connectivity index (χ2n) is 2.70. The van der Waals surface area contributed by atoms with Gasteiger partial charge in [-0.3, -0.25) is 0 Å². The maximum absolute atomic E-state index is 9.11. The molecule has 0 bridgehead atoms. The van der Waals surface area contributed by atoms with Crippen LogP contribution in [0.2, 0.25) is 0 Å². The van der Waals surface area contributed by atoms with Crippen molar-refractivity contribution < 1.29 is 19.3 Å². The van der Waals surface area contributed by atoms with E-state index in [1.165, 1.54) is 7.11 Å². The molecule has 0 radical (unpaired) electrons. The van der Waals surface area contributed by atoms with Crippen LogP contribution in [0.3, 0.4) is 0 Å². The highest BCUT2D eigenvalue weighted by molar-refractivity contribution is 5.58. The fourth-order valence-corrected chi connectivity index (χ4v) is 0.925. The Balaban J connectivity index is 2.99. The molecule has 90 valence electrons. The largest absolute Gasteiger partial charge is 0.476 e. The van der Waals surface area contributed by atoms with Crippen molar-refractivity contribution in [3.63, 3.8) is 0 Å². The van der Waals surface area contributed by atoms with Crippen LogP contribution >= 0.6 is 0 Å². The molecule has 0 saturated heterocycles. The van der Waals surface area contributed by atoms with Gasteiger partial charge in [0.05, 0.1) is 6.61 Å². The van der Waals surface area contributed by atoms with Gasteiger partial charge in [-0.05, 0) is 6.92 Å². The van der Waals surface area contributed by atoms with Crippen LogP contribution in [0.15, 0.2) is 0 Å². The van der Waals surface area contributed by atoms with Crippen molar-refractivity contribution in [1.82, 2.24) is 9.97 Å². The van der Waals surface area contributed by atoms with Crippen molar-refractivity contribution in [3.8, 4) is 11.8 Å². The van der Waals surface area contributed by atoms with E-state index < -0.39 is 6.48 Å². The van der Waals surface area contributed by atoms with Crippen molar-refractivity contribution >= 4 is 11.6 Å². The number of hydrogen-bond donors (Lipinski definition) is 3. The van der Waals surface area contributed by atoms with Gasteiger partial charge in [0.15, 0.2) is 5.69 Å². The highest BCUT2D eigenvalue weighted by atomic mass is 16.8. The van der Waals surface area contributed by atoms with E-state index in [4.69, 9.17) is 26.0 Å². The second-order valence-corrected chi connectivity index (χ2v) is 2.70. The van der Waals surface area contributed by atoms with Gasteiger partial charge in [0, 0.05) is 7.11 Å². The van der Waals surface area contributed by atoms with E-state index in [-0.39, 0.29) is 23.4 Å². The second kappa shape index (κ2) is 5.33. The van der Waals surface area contributed by atoms with Gasteiger partial charge in [0.25, 0.3) is 5.88 Å². The predicted molar refractivity (Wildman–Crippen MR) is 55.7 cm³/mol. The number of nitrogen functional groups attached to an aromatic ring is 2. The lowest BCUT2D eigenvalue weighted by molar-refractivity contribution is -0.201. The molecule has 1 atom stereocenters. The zero-order valence-electron chi connectivity index (χ0n) is 9.01. The molecule has 0 amide bonds. The monoisotopic (exact) mass is 230 g/mol. The summed E-state index contributed by atoms with van der Waals surface area (Å²) in [6, 6.07) is 0. The smallest absolute Gasteiger partial charge is 0.314 e. The lowest BCUT2D eigenvalue weighted by Gasteiger charge is -2.14.